The molecule has 0 bridgehead atoms. The third kappa shape index (κ3) is 12.5. The van der Waals surface area contributed by atoms with E-state index in [1.165, 1.54) is 13.8 Å². The van der Waals surface area contributed by atoms with Gasteiger partial charge in [0.1, 0.15) is 25.4 Å². The summed E-state index contributed by atoms with van der Waals surface area (Å²) in [6.45, 7) is 14.3. The number of hydrogen-bond donors (Lipinski definition) is 4. The van der Waals surface area contributed by atoms with E-state index in [1.807, 2.05) is 88.4 Å². The largest absolute Gasteiger partial charge is 0.443 e. The van der Waals surface area contributed by atoms with Crippen LogP contribution < -0.4 is 22.3 Å². The molecule has 1 saturated heterocycles. The van der Waals surface area contributed by atoms with Crippen LogP contribution in [-0.2, 0) is 41.8 Å². The zero-order valence-corrected chi connectivity index (χ0v) is 31.0. The molecule has 0 unspecified atom stereocenters. The van der Waals surface area contributed by atoms with Gasteiger partial charge in [-0.25, -0.2) is 30.5 Å². The van der Waals surface area contributed by atoms with Gasteiger partial charge < -0.3 is 30.4 Å². The summed E-state index contributed by atoms with van der Waals surface area (Å²) < 4.78 is 24.1. The van der Waals surface area contributed by atoms with Crippen molar-refractivity contribution in [1.29, 1.82) is 0 Å². The van der Waals surface area contributed by atoms with Crippen LogP contribution in [0.3, 0.4) is 0 Å². The minimum Gasteiger partial charge on any atom is -0.443 e. The summed E-state index contributed by atoms with van der Waals surface area (Å²) in [6, 6.07) is 14.5. The number of benzene rings is 2. The first-order valence-corrected chi connectivity index (χ1v) is 17.5. The van der Waals surface area contributed by atoms with Crippen LogP contribution in [-0.4, -0.2) is 76.2 Å². The van der Waals surface area contributed by atoms with E-state index < -0.39 is 66.2 Å². The van der Waals surface area contributed by atoms with Gasteiger partial charge in [0.25, 0.3) is 11.8 Å². The number of rotatable bonds is 14. The Balaban J connectivity index is 2.03. The van der Waals surface area contributed by atoms with Crippen LogP contribution in [0.2, 0.25) is 0 Å². The molecule has 1 fully saturated rings. The van der Waals surface area contributed by atoms with Crippen LogP contribution >= 0.6 is 0 Å². The van der Waals surface area contributed by atoms with E-state index in [-0.39, 0.29) is 25.0 Å². The molecule has 0 aromatic heterocycles. The zero-order chi connectivity index (χ0) is 37.9. The molecule has 6 atom stereocenters. The highest BCUT2D eigenvalue weighted by atomic mass is 16.8. The second kappa shape index (κ2) is 18.8. The van der Waals surface area contributed by atoms with Crippen molar-refractivity contribution in [3.8, 4) is 0 Å². The number of nitrogens with one attached hydrogen (secondary N) is 2. The van der Waals surface area contributed by atoms with Crippen molar-refractivity contribution in [2.45, 2.75) is 124 Å². The summed E-state index contributed by atoms with van der Waals surface area (Å²) in [5, 5.41) is 2.32. The van der Waals surface area contributed by atoms with E-state index in [0.29, 0.717) is 12.8 Å². The van der Waals surface area contributed by atoms with Crippen molar-refractivity contribution in [2.24, 2.45) is 23.3 Å². The van der Waals surface area contributed by atoms with E-state index in [4.69, 9.17) is 30.4 Å². The van der Waals surface area contributed by atoms with Gasteiger partial charge in [0.2, 0.25) is 0 Å². The van der Waals surface area contributed by atoms with Gasteiger partial charge in [-0.3, -0.25) is 9.59 Å². The Morgan fingerprint density at radius 1 is 0.667 bits per heavy atom. The monoisotopic (exact) mass is 712 g/mol. The molecule has 6 N–H and O–H groups in total. The summed E-state index contributed by atoms with van der Waals surface area (Å²) in [5.74, 6) is -2.39. The molecule has 0 spiro atoms. The van der Waals surface area contributed by atoms with E-state index in [1.54, 1.807) is 13.8 Å². The van der Waals surface area contributed by atoms with Crippen molar-refractivity contribution in [2.75, 3.05) is 0 Å². The molecule has 14 nitrogen and oxygen atoms in total. The van der Waals surface area contributed by atoms with Gasteiger partial charge in [0.15, 0.2) is 5.79 Å². The van der Waals surface area contributed by atoms with Gasteiger partial charge in [-0.05, 0) is 63.5 Å². The predicted octanol–water partition coefficient (Wildman–Crippen LogP) is 4.37. The smallest absolute Gasteiger partial charge is 0.426 e. The fourth-order valence-electron chi connectivity index (χ4n) is 5.90. The first-order valence-electron chi connectivity index (χ1n) is 17.5. The second-order valence-corrected chi connectivity index (χ2v) is 14.3. The summed E-state index contributed by atoms with van der Waals surface area (Å²) in [7, 11) is 0. The Morgan fingerprint density at radius 2 is 1.00 bits per heavy atom. The number of ether oxygens (including phenoxy) is 4. The lowest BCUT2D eigenvalue weighted by atomic mass is 9.88. The molecular weight excluding hydrogens is 656 g/mol. The van der Waals surface area contributed by atoms with Crippen molar-refractivity contribution >= 4 is 24.0 Å². The first kappa shape index (κ1) is 41.2. The Bertz CT molecular complexity index is 1320. The summed E-state index contributed by atoms with van der Waals surface area (Å²) in [5.41, 5.74) is 19.0. The van der Waals surface area contributed by atoms with E-state index >= 15 is 0 Å². The molecule has 1 heterocycles. The van der Waals surface area contributed by atoms with Gasteiger partial charge in [-0.2, -0.15) is 0 Å². The topological polar surface area (TPSA) is 188 Å². The Hall–Kier alpha value is -4.24. The molecule has 2 aromatic rings. The SMILES string of the molecule is CC(C)C[C@@H]([C@H]1OC(C)(C)O[C@@H]1[C@H](CC(C)C)N(NC(=O)OCc1ccccc1)C(=O)[C@H](C)N)N(NC(=O)OCc1ccccc1)C(=O)[C@H](C)N. The number of nitrogens with two attached hydrogens (primary N) is 2. The molecule has 3 rings (SSSR count). The van der Waals surface area contributed by atoms with Gasteiger partial charge in [-0.15, -0.1) is 0 Å². The highest BCUT2D eigenvalue weighted by Gasteiger charge is 2.53. The fraction of sp³-hybridized carbons (Fsp3) is 0.568. The normalized spacial score (nSPS) is 19.1. The van der Waals surface area contributed by atoms with Crippen molar-refractivity contribution < 1.29 is 38.1 Å². The number of nitrogens with zero attached hydrogens (tertiary/aromatic N) is 2. The molecule has 0 aliphatic carbocycles. The third-order valence-electron chi connectivity index (χ3n) is 8.11. The van der Waals surface area contributed by atoms with Crippen LogP contribution in [0.25, 0.3) is 0 Å². The van der Waals surface area contributed by atoms with Gasteiger partial charge in [0, 0.05) is 0 Å². The molecule has 0 saturated carbocycles. The predicted molar refractivity (Wildman–Crippen MR) is 191 cm³/mol. The van der Waals surface area contributed by atoms with E-state index in [9.17, 15) is 19.2 Å². The summed E-state index contributed by atoms with van der Waals surface area (Å²) in [4.78, 5) is 54.1. The molecule has 1 aliphatic heterocycles. The number of hydrazine groups is 2. The maximum atomic E-state index is 13.8. The van der Waals surface area contributed by atoms with E-state index in [2.05, 4.69) is 10.9 Å². The van der Waals surface area contributed by atoms with Gasteiger partial charge in [-0.1, -0.05) is 88.4 Å². The Kier molecular flexibility index (Phi) is 15.2. The van der Waals surface area contributed by atoms with Crippen molar-refractivity contribution in [3.63, 3.8) is 0 Å². The quantitative estimate of drug-likeness (QED) is 0.205. The first-order chi connectivity index (χ1) is 24.0. The molecule has 282 valence electrons. The van der Waals surface area contributed by atoms with Crippen molar-refractivity contribution in [1.82, 2.24) is 20.9 Å². The van der Waals surface area contributed by atoms with Gasteiger partial charge >= 0.3 is 12.2 Å². The molecule has 2 aromatic carbocycles. The lowest BCUT2D eigenvalue weighted by Gasteiger charge is -2.42. The molecule has 1 aliphatic rings. The zero-order valence-electron chi connectivity index (χ0n) is 31.0. The van der Waals surface area contributed by atoms with Crippen LogP contribution in [0.4, 0.5) is 9.59 Å². The van der Waals surface area contributed by atoms with Crippen molar-refractivity contribution in [3.05, 3.63) is 71.8 Å². The lowest BCUT2D eigenvalue weighted by molar-refractivity contribution is -0.164. The number of hydrogen-bond acceptors (Lipinski definition) is 10. The highest BCUT2D eigenvalue weighted by Crippen LogP contribution is 2.38. The maximum absolute atomic E-state index is 13.8. The van der Waals surface area contributed by atoms with Crippen LogP contribution in [0.1, 0.15) is 79.4 Å². The lowest BCUT2D eigenvalue weighted by Crippen LogP contribution is -2.65. The van der Waals surface area contributed by atoms with Crippen LogP contribution in [0, 0.1) is 11.8 Å². The molecular formula is C37H56N6O8. The minimum absolute atomic E-state index is 0.00933. The average Bonchev–Trinajstić information content (AvgIpc) is 3.40. The summed E-state index contributed by atoms with van der Waals surface area (Å²) in [6.07, 6.45) is -2.94. The number of carbonyl (C=O) groups excluding carboxylic acids is 4. The Labute approximate surface area is 301 Å². The molecule has 51 heavy (non-hydrogen) atoms. The van der Waals surface area contributed by atoms with Crippen LogP contribution in [0.15, 0.2) is 60.7 Å². The molecule has 4 amide bonds. The van der Waals surface area contributed by atoms with Gasteiger partial charge in [0.05, 0.1) is 24.2 Å². The minimum atomic E-state index is -1.20. The summed E-state index contributed by atoms with van der Waals surface area (Å²) >= 11 is 0. The molecule has 14 heteroatoms. The number of amides is 4. The third-order valence-corrected chi connectivity index (χ3v) is 8.11. The second-order valence-electron chi connectivity index (χ2n) is 14.3. The standard InChI is InChI=1S/C37H56N6O8/c1-23(2)19-29(42(33(44)25(5)38)40-35(46)48-21-27-15-11-9-12-16-27)31-32(51-37(7,8)50-31)30(20-24(3)4)43(34(45)26(6)39)41-36(47)49-22-28-17-13-10-14-18-28/h9-18,23-26,29-32H,19-22,38-39H2,1-8H3,(H,40,46)(H,41,47)/t25-,26-,29-,30-,31+,32+/m0/s1. The average molecular weight is 713 g/mol. The van der Waals surface area contributed by atoms with E-state index in [0.717, 1.165) is 21.1 Å². The highest BCUT2D eigenvalue weighted by molar-refractivity contribution is 5.84. The maximum Gasteiger partial charge on any atom is 0.426 e. The number of carbonyl (C=O) groups is 4. The van der Waals surface area contributed by atoms with Crippen LogP contribution in [0.5, 0.6) is 0 Å². The fourth-order valence-corrected chi connectivity index (χ4v) is 5.90. The molecule has 0 radical (unpaired) electrons. The Morgan fingerprint density at radius 3 is 1.29 bits per heavy atom.